The largest absolute Gasteiger partial charge is 0.391 e. The van der Waals surface area contributed by atoms with Crippen molar-refractivity contribution >= 4 is 6.03 Å². The molecule has 120 valence electrons. The van der Waals surface area contributed by atoms with Crippen molar-refractivity contribution in [3.63, 3.8) is 0 Å². The fraction of sp³-hybridized carbons (Fsp3) is 0.812. The van der Waals surface area contributed by atoms with Crippen LogP contribution in [0.3, 0.4) is 0 Å². The zero-order valence-corrected chi connectivity index (χ0v) is 13.1. The average molecular weight is 295 g/mol. The molecule has 2 aliphatic rings. The molecule has 21 heavy (non-hydrogen) atoms. The van der Waals surface area contributed by atoms with Crippen molar-refractivity contribution in [3.05, 3.63) is 12.2 Å². The lowest BCUT2D eigenvalue weighted by Gasteiger charge is -2.33. The molecule has 1 saturated heterocycles. The van der Waals surface area contributed by atoms with Gasteiger partial charge < -0.3 is 15.7 Å². The smallest absolute Gasteiger partial charge is 0.315 e. The summed E-state index contributed by atoms with van der Waals surface area (Å²) in [5.41, 5.74) is 1.19. The molecular weight excluding hydrogens is 266 g/mol. The summed E-state index contributed by atoms with van der Waals surface area (Å²) in [7, 11) is 0. The third kappa shape index (κ3) is 5.32. The van der Waals surface area contributed by atoms with Crippen molar-refractivity contribution in [2.75, 3.05) is 19.6 Å². The highest BCUT2D eigenvalue weighted by molar-refractivity contribution is 5.74. The zero-order chi connectivity index (χ0) is 15.2. The number of urea groups is 1. The summed E-state index contributed by atoms with van der Waals surface area (Å²) in [6.07, 6.45) is 5.39. The molecule has 0 aromatic rings. The lowest BCUT2D eigenvalue weighted by atomic mass is 9.93. The normalized spacial score (nSPS) is 28.1. The zero-order valence-electron chi connectivity index (χ0n) is 13.1. The third-order valence-electron chi connectivity index (χ3n) is 4.46. The molecule has 1 heterocycles. The van der Waals surface area contributed by atoms with Crippen LogP contribution < -0.4 is 10.6 Å². The molecule has 0 radical (unpaired) electrons. The molecule has 2 unspecified atom stereocenters. The van der Waals surface area contributed by atoms with Crippen LogP contribution in [-0.2, 0) is 0 Å². The number of nitrogens with one attached hydrogen (secondary N) is 2. The van der Waals surface area contributed by atoms with Crippen LogP contribution in [0.4, 0.5) is 4.79 Å². The monoisotopic (exact) mass is 295 g/mol. The summed E-state index contributed by atoms with van der Waals surface area (Å²) >= 11 is 0. The van der Waals surface area contributed by atoms with Crippen LogP contribution >= 0.6 is 0 Å². The minimum atomic E-state index is -0.387. The Morgan fingerprint density at radius 3 is 2.48 bits per heavy atom. The van der Waals surface area contributed by atoms with Crippen LogP contribution in [0.2, 0.25) is 0 Å². The molecule has 2 amide bonds. The van der Waals surface area contributed by atoms with Gasteiger partial charge in [0.05, 0.1) is 12.1 Å². The number of likely N-dealkylation sites (tertiary alicyclic amines) is 1. The molecule has 0 spiro atoms. The number of hydrogen-bond acceptors (Lipinski definition) is 3. The Labute approximate surface area is 127 Å². The van der Waals surface area contributed by atoms with Crippen molar-refractivity contribution in [1.29, 1.82) is 0 Å². The van der Waals surface area contributed by atoms with Gasteiger partial charge in [-0.05, 0) is 32.6 Å². The van der Waals surface area contributed by atoms with E-state index in [1.54, 1.807) is 0 Å². The van der Waals surface area contributed by atoms with Gasteiger partial charge in [0.2, 0.25) is 0 Å². The van der Waals surface area contributed by atoms with Crippen LogP contribution in [0.25, 0.3) is 0 Å². The maximum Gasteiger partial charge on any atom is 0.315 e. The van der Waals surface area contributed by atoms with Crippen molar-refractivity contribution in [1.82, 2.24) is 15.5 Å². The number of carbonyl (C=O) groups excluding carboxylic acids is 1. The van der Waals surface area contributed by atoms with Gasteiger partial charge in [-0.1, -0.05) is 25.0 Å². The van der Waals surface area contributed by atoms with E-state index in [9.17, 15) is 9.90 Å². The Morgan fingerprint density at radius 2 is 1.86 bits per heavy atom. The molecule has 3 N–H and O–H groups in total. The molecule has 0 aromatic heterocycles. The molecule has 2 rings (SSSR count). The van der Waals surface area contributed by atoms with Gasteiger partial charge in [-0.25, -0.2) is 4.79 Å². The first-order valence-corrected chi connectivity index (χ1v) is 8.16. The highest BCUT2D eigenvalue weighted by Crippen LogP contribution is 2.18. The molecule has 1 aliphatic carbocycles. The van der Waals surface area contributed by atoms with E-state index < -0.39 is 0 Å². The van der Waals surface area contributed by atoms with Gasteiger partial charge in [-0.2, -0.15) is 0 Å². The fourth-order valence-corrected chi connectivity index (χ4v) is 3.29. The number of hydrogen-bond donors (Lipinski definition) is 3. The summed E-state index contributed by atoms with van der Waals surface area (Å²) in [6.45, 7) is 8.95. The number of nitrogens with zero attached hydrogens (tertiary/aromatic N) is 1. The number of amides is 2. The van der Waals surface area contributed by atoms with E-state index in [-0.39, 0.29) is 24.2 Å². The molecule has 5 heteroatoms. The first-order valence-electron chi connectivity index (χ1n) is 8.16. The van der Waals surface area contributed by atoms with E-state index >= 15 is 0 Å². The van der Waals surface area contributed by atoms with Crippen molar-refractivity contribution < 1.29 is 9.90 Å². The summed E-state index contributed by atoms with van der Waals surface area (Å²) in [5.74, 6) is 0. The summed E-state index contributed by atoms with van der Waals surface area (Å²) in [6, 6.07) is 0.0358. The van der Waals surface area contributed by atoms with Gasteiger partial charge in [0.15, 0.2) is 0 Å². The average Bonchev–Trinajstić information content (AvgIpc) is 2.43. The van der Waals surface area contributed by atoms with Gasteiger partial charge >= 0.3 is 6.03 Å². The van der Waals surface area contributed by atoms with E-state index in [0.29, 0.717) is 0 Å². The Morgan fingerprint density at radius 1 is 1.19 bits per heavy atom. The van der Waals surface area contributed by atoms with Crippen molar-refractivity contribution in [2.45, 2.75) is 63.6 Å². The Bertz CT molecular complexity index is 365. The molecule has 1 saturated carbocycles. The molecule has 0 aromatic carbocycles. The third-order valence-corrected chi connectivity index (χ3v) is 4.46. The summed E-state index contributed by atoms with van der Waals surface area (Å²) in [5, 5.41) is 15.9. The lowest BCUT2D eigenvalue weighted by Crippen LogP contribution is -2.53. The fourth-order valence-electron chi connectivity index (χ4n) is 3.29. The van der Waals surface area contributed by atoms with Gasteiger partial charge in [-0.3, -0.25) is 4.90 Å². The highest BCUT2D eigenvalue weighted by atomic mass is 16.3. The van der Waals surface area contributed by atoms with E-state index in [4.69, 9.17) is 0 Å². The first kappa shape index (κ1) is 16.3. The second-order valence-electron chi connectivity index (χ2n) is 6.58. The predicted octanol–water partition coefficient (Wildman–Crippen LogP) is 1.63. The minimum absolute atomic E-state index is 0.0812. The number of aliphatic hydroxyl groups excluding tert-OH is 1. The number of piperidine rings is 1. The van der Waals surface area contributed by atoms with Crippen LogP contribution in [0.15, 0.2) is 12.2 Å². The molecule has 1 aliphatic heterocycles. The lowest BCUT2D eigenvalue weighted by molar-refractivity contribution is 0.0935. The Hall–Kier alpha value is -1.07. The maximum absolute atomic E-state index is 12.0. The highest BCUT2D eigenvalue weighted by Gasteiger charge is 2.26. The number of aliphatic hydroxyl groups is 1. The van der Waals surface area contributed by atoms with E-state index in [1.165, 1.54) is 5.57 Å². The molecule has 0 bridgehead atoms. The number of rotatable bonds is 4. The van der Waals surface area contributed by atoms with Crippen molar-refractivity contribution in [3.8, 4) is 0 Å². The topological polar surface area (TPSA) is 64.6 Å². The van der Waals surface area contributed by atoms with Crippen LogP contribution in [0, 0.1) is 0 Å². The molecular formula is C16H29N3O2. The molecule has 2 atom stereocenters. The molecule has 2 fully saturated rings. The summed E-state index contributed by atoms with van der Waals surface area (Å²) < 4.78 is 0. The van der Waals surface area contributed by atoms with Gasteiger partial charge in [0.1, 0.15) is 0 Å². The van der Waals surface area contributed by atoms with E-state index in [1.807, 2.05) is 6.92 Å². The second kappa shape index (κ2) is 7.80. The maximum atomic E-state index is 12.0. The van der Waals surface area contributed by atoms with E-state index in [0.717, 1.165) is 58.2 Å². The summed E-state index contributed by atoms with van der Waals surface area (Å²) in [4.78, 5) is 14.4. The quantitative estimate of drug-likeness (QED) is 0.691. The van der Waals surface area contributed by atoms with Gasteiger partial charge in [0, 0.05) is 25.7 Å². The Balaban J connectivity index is 1.68. The number of carbonyl (C=O) groups is 1. The van der Waals surface area contributed by atoms with Crippen LogP contribution in [0.1, 0.15) is 45.4 Å². The molecule has 5 nitrogen and oxygen atoms in total. The minimum Gasteiger partial charge on any atom is -0.391 e. The van der Waals surface area contributed by atoms with Gasteiger partial charge in [-0.15, -0.1) is 0 Å². The van der Waals surface area contributed by atoms with E-state index in [2.05, 4.69) is 22.1 Å². The SMILES string of the molecule is C=C(C)CN1CCC(NC(=O)NC2CCCCC2O)CC1. The van der Waals surface area contributed by atoms with Crippen molar-refractivity contribution in [2.24, 2.45) is 0 Å². The first-order chi connectivity index (χ1) is 10.0. The Kier molecular flexibility index (Phi) is 6.06. The standard InChI is InChI=1S/C16H29N3O2/c1-12(2)11-19-9-7-13(8-10-19)17-16(21)18-14-5-3-4-6-15(14)20/h13-15,20H,1,3-11H2,2H3,(H2,17,18,21). The van der Waals surface area contributed by atoms with Gasteiger partial charge in [0.25, 0.3) is 0 Å². The predicted molar refractivity (Wildman–Crippen MR) is 84.2 cm³/mol. The second-order valence-corrected chi connectivity index (χ2v) is 6.58. The van der Waals surface area contributed by atoms with Crippen LogP contribution in [0.5, 0.6) is 0 Å². The van der Waals surface area contributed by atoms with Crippen LogP contribution in [-0.4, -0.2) is 53.9 Å².